The summed E-state index contributed by atoms with van der Waals surface area (Å²) in [4.78, 5) is 12.1. The summed E-state index contributed by atoms with van der Waals surface area (Å²) in [5.41, 5.74) is 6.28. The third kappa shape index (κ3) is 3.90. The fraction of sp³-hybridized carbons (Fsp3) is 0.562. The molecule has 0 saturated heterocycles. The van der Waals surface area contributed by atoms with Crippen molar-refractivity contribution in [2.75, 3.05) is 5.32 Å². The SMILES string of the molecule is Cl.NC1CCC(C(=O)Nc2ccc(OC3CCC3)c(F)c2)C1. The highest BCUT2D eigenvalue weighted by molar-refractivity contribution is 5.92. The van der Waals surface area contributed by atoms with Crippen LogP contribution >= 0.6 is 12.4 Å². The van der Waals surface area contributed by atoms with E-state index in [1.165, 1.54) is 6.07 Å². The van der Waals surface area contributed by atoms with Crippen molar-refractivity contribution in [3.05, 3.63) is 24.0 Å². The van der Waals surface area contributed by atoms with Crippen LogP contribution in [0.4, 0.5) is 10.1 Å². The first-order chi connectivity index (χ1) is 10.1. The Bertz CT molecular complexity index is 537. The van der Waals surface area contributed by atoms with Gasteiger partial charge < -0.3 is 15.8 Å². The fourth-order valence-corrected chi connectivity index (χ4v) is 2.84. The summed E-state index contributed by atoms with van der Waals surface area (Å²) in [6, 6.07) is 4.70. The standard InChI is InChI=1S/C16H21FN2O2.ClH/c17-14-9-12(6-7-15(14)21-13-2-1-3-13)19-16(20)10-4-5-11(18)8-10;/h6-7,9-11,13H,1-5,8,18H2,(H,19,20);1H. The second-order valence-electron chi connectivity index (χ2n) is 6.08. The van der Waals surface area contributed by atoms with Crippen LogP contribution in [0.3, 0.4) is 0 Å². The van der Waals surface area contributed by atoms with Gasteiger partial charge in [-0.2, -0.15) is 0 Å². The minimum Gasteiger partial charge on any atom is -0.487 e. The fourth-order valence-electron chi connectivity index (χ4n) is 2.84. The largest absolute Gasteiger partial charge is 0.487 e. The van der Waals surface area contributed by atoms with Crippen molar-refractivity contribution in [2.24, 2.45) is 11.7 Å². The third-order valence-corrected chi connectivity index (χ3v) is 4.39. The Morgan fingerprint density at radius 3 is 2.59 bits per heavy atom. The molecule has 2 aliphatic rings. The van der Waals surface area contributed by atoms with Gasteiger partial charge >= 0.3 is 0 Å². The lowest BCUT2D eigenvalue weighted by atomic mass is 9.96. The number of nitrogens with two attached hydrogens (primary N) is 1. The molecule has 3 N–H and O–H groups in total. The first-order valence-electron chi connectivity index (χ1n) is 7.64. The van der Waals surface area contributed by atoms with Gasteiger partial charge in [-0.25, -0.2) is 4.39 Å². The highest BCUT2D eigenvalue weighted by atomic mass is 35.5. The number of amides is 1. The molecular weight excluding hydrogens is 307 g/mol. The Labute approximate surface area is 136 Å². The highest BCUT2D eigenvalue weighted by Crippen LogP contribution is 2.29. The van der Waals surface area contributed by atoms with E-state index in [0.717, 1.165) is 32.1 Å². The van der Waals surface area contributed by atoms with E-state index in [-0.39, 0.29) is 42.1 Å². The van der Waals surface area contributed by atoms with Crippen molar-refractivity contribution < 1.29 is 13.9 Å². The summed E-state index contributed by atoms with van der Waals surface area (Å²) in [6.45, 7) is 0. The zero-order valence-electron chi connectivity index (χ0n) is 12.4. The van der Waals surface area contributed by atoms with E-state index >= 15 is 0 Å². The molecule has 0 aliphatic heterocycles. The highest BCUT2D eigenvalue weighted by Gasteiger charge is 2.28. The number of hydrogen-bond acceptors (Lipinski definition) is 3. The lowest BCUT2D eigenvalue weighted by molar-refractivity contribution is -0.119. The molecule has 2 fully saturated rings. The second-order valence-corrected chi connectivity index (χ2v) is 6.08. The van der Waals surface area contributed by atoms with Crippen LogP contribution in [0.1, 0.15) is 38.5 Å². The van der Waals surface area contributed by atoms with Crippen molar-refractivity contribution >= 4 is 24.0 Å². The van der Waals surface area contributed by atoms with Gasteiger partial charge in [0.2, 0.25) is 5.91 Å². The van der Waals surface area contributed by atoms with Crippen molar-refractivity contribution in [3.8, 4) is 5.75 Å². The van der Waals surface area contributed by atoms with Gasteiger partial charge in [-0.3, -0.25) is 4.79 Å². The van der Waals surface area contributed by atoms with Crippen molar-refractivity contribution in [2.45, 2.75) is 50.7 Å². The van der Waals surface area contributed by atoms with Gasteiger partial charge in [-0.05, 0) is 50.7 Å². The van der Waals surface area contributed by atoms with E-state index in [4.69, 9.17) is 10.5 Å². The van der Waals surface area contributed by atoms with Crippen molar-refractivity contribution in [1.29, 1.82) is 0 Å². The van der Waals surface area contributed by atoms with Gasteiger partial charge in [0, 0.05) is 23.7 Å². The van der Waals surface area contributed by atoms with Gasteiger partial charge in [-0.1, -0.05) is 0 Å². The molecule has 0 bridgehead atoms. The monoisotopic (exact) mass is 328 g/mol. The van der Waals surface area contributed by atoms with Gasteiger partial charge in [0.15, 0.2) is 11.6 Å². The number of halogens is 2. The molecule has 2 aliphatic carbocycles. The van der Waals surface area contributed by atoms with Crippen LogP contribution < -0.4 is 15.8 Å². The number of hydrogen-bond donors (Lipinski definition) is 2. The molecule has 2 saturated carbocycles. The predicted molar refractivity (Wildman–Crippen MR) is 85.9 cm³/mol. The number of nitrogens with one attached hydrogen (secondary N) is 1. The molecule has 3 rings (SSSR count). The van der Waals surface area contributed by atoms with Crippen molar-refractivity contribution in [3.63, 3.8) is 0 Å². The van der Waals surface area contributed by atoms with E-state index in [2.05, 4.69) is 5.32 Å². The summed E-state index contributed by atoms with van der Waals surface area (Å²) in [5, 5.41) is 2.76. The topological polar surface area (TPSA) is 64.4 Å². The maximum absolute atomic E-state index is 14.0. The number of anilines is 1. The molecule has 1 aromatic rings. The minimum absolute atomic E-state index is 0. The van der Waals surface area contributed by atoms with Gasteiger partial charge in [0.25, 0.3) is 0 Å². The first kappa shape index (κ1) is 17.0. The van der Waals surface area contributed by atoms with Crippen molar-refractivity contribution in [1.82, 2.24) is 0 Å². The molecule has 2 unspecified atom stereocenters. The molecule has 6 heteroatoms. The average molecular weight is 329 g/mol. The van der Waals surface area contributed by atoms with E-state index in [1.807, 2.05) is 0 Å². The second kappa shape index (κ2) is 7.29. The average Bonchev–Trinajstić information content (AvgIpc) is 2.82. The third-order valence-electron chi connectivity index (χ3n) is 4.39. The van der Waals surface area contributed by atoms with E-state index in [1.54, 1.807) is 12.1 Å². The Hall–Kier alpha value is -1.33. The molecule has 1 aromatic carbocycles. The van der Waals surface area contributed by atoms with Gasteiger partial charge in [0.1, 0.15) is 0 Å². The normalized spacial score (nSPS) is 24.3. The Kier molecular flexibility index (Phi) is 5.64. The van der Waals surface area contributed by atoms with E-state index in [0.29, 0.717) is 12.1 Å². The number of ether oxygens (including phenoxy) is 1. The van der Waals surface area contributed by atoms with Crippen LogP contribution in [0.5, 0.6) is 5.75 Å². The zero-order valence-corrected chi connectivity index (χ0v) is 13.2. The quantitative estimate of drug-likeness (QED) is 0.891. The maximum atomic E-state index is 14.0. The number of carbonyl (C=O) groups is 1. The minimum atomic E-state index is -0.428. The summed E-state index contributed by atoms with van der Waals surface area (Å²) < 4.78 is 19.5. The Balaban J connectivity index is 0.00000176. The smallest absolute Gasteiger partial charge is 0.227 e. The molecule has 122 valence electrons. The lowest BCUT2D eigenvalue weighted by Crippen LogP contribution is -2.25. The first-order valence-corrected chi connectivity index (χ1v) is 7.64. The Morgan fingerprint density at radius 1 is 1.27 bits per heavy atom. The van der Waals surface area contributed by atoms with E-state index in [9.17, 15) is 9.18 Å². The molecule has 0 spiro atoms. The summed E-state index contributed by atoms with van der Waals surface area (Å²) in [5.74, 6) is -0.299. The molecule has 0 heterocycles. The Morgan fingerprint density at radius 2 is 2.05 bits per heavy atom. The van der Waals surface area contributed by atoms with Gasteiger partial charge in [0.05, 0.1) is 6.10 Å². The van der Waals surface area contributed by atoms with Crippen LogP contribution in [0.15, 0.2) is 18.2 Å². The van der Waals surface area contributed by atoms with E-state index < -0.39 is 5.82 Å². The summed E-state index contributed by atoms with van der Waals surface area (Å²) in [6.07, 6.45) is 5.64. The molecule has 2 atom stereocenters. The van der Waals surface area contributed by atoms with Crippen LogP contribution in [0, 0.1) is 11.7 Å². The molecule has 1 amide bonds. The summed E-state index contributed by atoms with van der Waals surface area (Å²) >= 11 is 0. The van der Waals surface area contributed by atoms with Crippen LogP contribution in [-0.4, -0.2) is 18.1 Å². The molecule has 0 radical (unpaired) electrons. The number of carbonyl (C=O) groups excluding carboxylic acids is 1. The van der Waals surface area contributed by atoms with Crippen LogP contribution in [-0.2, 0) is 4.79 Å². The molecular formula is C16H22ClFN2O2. The zero-order chi connectivity index (χ0) is 14.8. The summed E-state index contributed by atoms with van der Waals surface area (Å²) in [7, 11) is 0. The number of benzene rings is 1. The lowest BCUT2D eigenvalue weighted by Gasteiger charge is -2.26. The predicted octanol–water partition coefficient (Wildman–Crippen LogP) is 3.24. The van der Waals surface area contributed by atoms with Gasteiger partial charge in [-0.15, -0.1) is 12.4 Å². The van der Waals surface area contributed by atoms with Crippen LogP contribution in [0.2, 0.25) is 0 Å². The number of rotatable bonds is 4. The molecule has 22 heavy (non-hydrogen) atoms. The maximum Gasteiger partial charge on any atom is 0.227 e. The van der Waals surface area contributed by atoms with Crippen LogP contribution in [0.25, 0.3) is 0 Å². The molecule has 0 aromatic heterocycles. The molecule has 4 nitrogen and oxygen atoms in total.